The maximum Gasteiger partial charge on any atom is 0.317 e. The summed E-state index contributed by atoms with van der Waals surface area (Å²) in [5, 5.41) is 18.5. The van der Waals surface area contributed by atoms with Gasteiger partial charge in [0.2, 0.25) is 0 Å². The Morgan fingerprint density at radius 1 is 1.30 bits per heavy atom. The lowest BCUT2D eigenvalue weighted by Crippen LogP contribution is -2.54. The maximum absolute atomic E-state index is 13.2. The van der Waals surface area contributed by atoms with Crippen molar-refractivity contribution in [3.05, 3.63) is 35.4 Å². The zero-order chi connectivity index (χ0) is 24.5. The van der Waals surface area contributed by atoms with Crippen molar-refractivity contribution in [3.8, 4) is 0 Å². The van der Waals surface area contributed by atoms with Gasteiger partial charge in [0.05, 0.1) is 5.60 Å². The minimum absolute atomic E-state index is 0.00621. The van der Waals surface area contributed by atoms with Crippen LogP contribution in [0.2, 0.25) is 0 Å². The molecule has 33 heavy (non-hydrogen) atoms. The van der Waals surface area contributed by atoms with E-state index in [2.05, 4.69) is 50.5 Å². The number of ether oxygens (including phenoxy) is 1. The molecule has 0 spiro atoms. The smallest absolute Gasteiger partial charge is 0.317 e. The molecule has 1 aliphatic rings. The number of benzene rings is 1. The standard InChI is InChI=1S/C27H47N3O3/c1-21-11-9-12-22(17-21)27(32,14-7-8-16-33-6)23-13-10-15-30(20-23)25(31)29-24(19-28-5)18-26(2,3)4/h9,11-12,17,23-24,28,32H,7-8,10,13-16,18-20H2,1-6H3,(H,29,31)/t23-,24?,27-/m1/s1. The predicted octanol–water partition coefficient (Wildman–Crippen LogP) is 4.45. The molecule has 1 aliphatic heterocycles. The fourth-order valence-corrected chi connectivity index (χ4v) is 5.12. The van der Waals surface area contributed by atoms with Gasteiger partial charge in [-0.15, -0.1) is 0 Å². The number of carbonyl (C=O) groups is 1. The van der Waals surface area contributed by atoms with Gasteiger partial charge in [0.1, 0.15) is 0 Å². The van der Waals surface area contributed by atoms with Gasteiger partial charge in [-0.1, -0.05) is 50.6 Å². The number of hydrogen-bond acceptors (Lipinski definition) is 4. The number of aryl methyl sites for hydroxylation is 1. The third kappa shape index (κ3) is 8.58. The van der Waals surface area contributed by atoms with Crippen LogP contribution in [0.25, 0.3) is 0 Å². The van der Waals surface area contributed by atoms with E-state index in [9.17, 15) is 9.90 Å². The fourth-order valence-electron chi connectivity index (χ4n) is 5.12. The summed E-state index contributed by atoms with van der Waals surface area (Å²) in [4.78, 5) is 15.1. The van der Waals surface area contributed by atoms with Crippen LogP contribution in [-0.2, 0) is 10.3 Å². The highest BCUT2D eigenvalue weighted by atomic mass is 16.5. The molecular weight excluding hydrogens is 414 g/mol. The fraction of sp³-hybridized carbons (Fsp3) is 0.741. The van der Waals surface area contributed by atoms with Crippen molar-refractivity contribution >= 4 is 6.03 Å². The van der Waals surface area contributed by atoms with Gasteiger partial charge >= 0.3 is 6.03 Å². The van der Waals surface area contributed by atoms with E-state index in [0.717, 1.165) is 56.3 Å². The van der Waals surface area contributed by atoms with Gasteiger partial charge in [0.25, 0.3) is 0 Å². The minimum atomic E-state index is -0.950. The number of hydrogen-bond donors (Lipinski definition) is 3. The van der Waals surface area contributed by atoms with Gasteiger partial charge in [0.15, 0.2) is 0 Å². The Bertz CT molecular complexity index is 734. The first-order valence-corrected chi connectivity index (χ1v) is 12.6. The van der Waals surface area contributed by atoms with E-state index < -0.39 is 5.60 Å². The van der Waals surface area contributed by atoms with Crippen LogP contribution >= 0.6 is 0 Å². The highest BCUT2D eigenvalue weighted by molar-refractivity contribution is 5.74. The van der Waals surface area contributed by atoms with Crippen molar-refractivity contribution in [2.75, 3.05) is 40.4 Å². The van der Waals surface area contributed by atoms with Crippen molar-refractivity contribution in [1.82, 2.24) is 15.5 Å². The zero-order valence-corrected chi connectivity index (χ0v) is 21.7. The van der Waals surface area contributed by atoms with E-state index in [1.165, 1.54) is 0 Å². The number of amides is 2. The number of urea groups is 1. The molecule has 2 rings (SSSR count). The molecule has 0 aliphatic carbocycles. The number of unbranched alkanes of at least 4 members (excludes halogenated alkanes) is 1. The average molecular weight is 462 g/mol. The number of piperidine rings is 1. The first-order valence-electron chi connectivity index (χ1n) is 12.6. The lowest BCUT2D eigenvalue weighted by Gasteiger charge is -2.43. The van der Waals surface area contributed by atoms with Crippen LogP contribution in [0.1, 0.15) is 70.4 Å². The second-order valence-electron chi connectivity index (χ2n) is 11.0. The number of methoxy groups -OCH3 is 1. The van der Waals surface area contributed by atoms with Crippen molar-refractivity contribution < 1.29 is 14.6 Å². The molecule has 1 saturated heterocycles. The van der Waals surface area contributed by atoms with E-state index in [1.807, 2.05) is 24.1 Å². The molecule has 2 amide bonds. The molecule has 1 fully saturated rings. The Morgan fingerprint density at radius 3 is 2.70 bits per heavy atom. The molecule has 0 aromatic heterocycles. The van der Waals surface area contributed by atoms with Gasteiger partial charge in [-0.05, 0) is 63.5 Å². The van der Waals surface area contributed by atoms with Gasteiger partial charge in [-0.3, -0.25) is 0 Å². The van der Waals surface area contributed by atoms with Crippen LogP contribution < -0.4 is 10.6 Å². The normalized spacial score (nSPS) is 19.7. The van der Waals surface area contributed by atoms with Crippen molar-refractivity contribution in [3.63, 3.8) is 0 Å². The zero-order valence-electron chi connectivity index (χ0n) is 21.7. The van der Waals surface area contributed by atoms with Crippen molar-refractivity contribution in [1.29, 1.82) is 0 Å². The number of nitrogens with zero attached hydrogens (tertiary/aromatic N) is 1. The summed E-state index contributed by atoms with van der Waals surface area (Å²) in [5.74, 6) is 0.00621. The van der Waals surface area contributed by atoms with Crippen LogP contribution in [-0.4, -0.2) is 62.5 Å². The summed E-state index contributed by atoms with van der Waals surface area (Å²) in [5.41, 5.74) is 1.29. The molecule has 0 saturated carbocycles. The summed E-state index contributed by atoms with van der Waals surface area (Å²) < 4.78 is 5.22. The van der Waals surface area contributed by atoms with E-state index in [-0.39, 0.29) is 23.4 Å². The van der Waals surface area contributed by atoms with Crippen molar-refractivity contribution in [2.24, 2.45) is 11.3 Å². The molecule has 1 heterocycles. The second-order valence-corrected chi connectivity index (χ2v) is 11.0. The number of nitrogens with one attached hydrogen (secondary N) is 2. The number of likely N-dealkylation sites (N-methyl/N-ethyl adjacent to an activating group) is 1. The Hall–Kier alpha value is -1.63. The Labute approximate surface area is 201 Å². The quantitative estimate of drug-likeness (QED) is 0.426. The third-order valence-corrected chi connectivity index (χ3v) is 6.70. The van der Waals surface area contributed by atoms with Gasteiger partial charge in [-0.25, -0.2) is 4.79 Å². The third-order valence-electron chi connectivity index (χ3n) is 6.70. The molecule has 3 atom stereocenters. The summed E-state index contributed by atoms with van der Waals surface area (Å²) in [6, 6.07) is 8.28. The van der Waals surface area contributed by atoms with Crippen LogP contribution in [0.3, 0.4) is 0 Å². The molecule has 0 radical (unpaired) electrons. The van der Waals surface area contributed by atoms with Crippen LogP contribution in [0.5, 0.6) is 0 Å². The predicted molar refractivity (Wildman–Crippen MR) is 135 cm³/mol. The topological polar surface area (TPSA) is 73.8 Å². The van der Waals surface area contributed by atoms with Crippen LogP contribution in [0.15, 0.2) is 24.3 Å². The van der Waals surface area contributed by atoms with Crippen LogP contribution in [0, 0.1) is 18.3 Å². The number of carbonyl (C=O) groups excluding carboxylic acids is 1. The summed E-state index contributed by atoms with van der Waals surface area (Å²) in [6.07, 6.45) is 5.20. The molecule has 1 aromatic rings. The first-order chi connectivity index (χ1) is 15.6. The molecule has 1 unspecified atom stereocenters. The lowest BCUT2D eigenvalue weighted by molar-refractivity contribution is -0.0564. The van der Waals surface area contributed by atoms with Gasteiger partial charge in [-0.2, -0.15) is 0 Å². The molecule has 1 aromatic carbocycles. The van der Waals surface area contributed by atoms with E-state index >= 15 is 0 Å². The first kappa shape index (κ1) is 27.6. The monoisotopic (exact) mass is 461 g/mol. The van der Waals surface area contributed by atoms with Gasteiger partial charge in [0, 0.05) is 45.3 Å². The Morgan fingerprint density at radius 2 is 2.06 bits per heavy atom. The highest BCUT2D eigenvalue weighted by Gasteiger charge is 2.41. The lowest BCUT2D eigenvalue weighted by atomic mass is 9.74. The molecule has 188 valence electrons. The van der Waals surface area contributed by atoms with E-state index in [4.69, 9.17) is 4.74 Å². The average Bonchev–Trinajstić information content (AvgIpc) is 2.75. The second kappa shape index (κ2) is 12.7. The highest BCUT2D eigenvalue weighted by Crippen LogP contribution is 2.40. The largest absolute Gasteiger partial charge is 0.385 e. The minimum Gasteiger partial charge on any atom is -0.385 e. The Balaban J connectivity index is 2.16. The summed E-state index contributed by atoms with van der Waals surface area (Å²) >= 11 is 0. The maximum atomic E-state index is 13.2. The van der Waals surface area contributed by atoms with E-state index in [1.54, 1.807) is 7.11 Å². The molecule has 3 N–H and O–H groups in total. The summed E-state index contributed by atoms with van der Waals surface area (Å²) in [6.45, 7) is 11.4. The molecule has 0 bridgehead atoms. The van der Waals surface area contributed by atoms with Gasteiger partial charge < -0.3 is 25.4 Å². The number of likely N-dealkylation sites (tertiary alicyclic amines) is 1. The summed E-state index contributed by atoms with van der Waals surface area (Å²) in [7, 11) is 3.63. The SMILES string of the molecule is CNCC(CC(C)(C)C)NC(=O)N1CCC[C@@H]([C@@](O)(CCCCOC)c2cccc(C)c2)C1. The van der Waals surface area contributed by atoms with E-state index in [0.29, 0.717) is 19.6 Å². The Kier molecular flexibility index (Phi) is 10.6. The molecular formula is C27H47N3O3. The van der Waals surface area contributed by atoms with Crippen molar-refractivity contribution in [2.45, 2.75) is 77.9 Å². The number of aliphatic hydroxyl groups is 1. The molecule has 6 nitrogen and oxygen atoms in total. The van der Waals surface area contributed by atoms with Crippen LogP contribution in [0.4, 0.5) is 4.79 Å². The molecule has 6 heteroatoms. The number of rotatable bonds is 11.